The molecule has 1 aromatic carbocycles. The van der Waals surface area contributed by atoms with Crippen molar-refractivity contribution in [3.05, 3.63) is 29.8 Å². The first-order valence-corrected chi connectivity index (χ1v) is 11.5. The molecule has 7 heteroatoms. The predicted octanol–water partition coefficient (Wildman–Crippen LogP) is 4.08. The number of aliphatic imine (C=N–C) groups is 1. The summed E-state index contributed by atoms with van der Waals surface area (Å²) in [7, 11) is 3.87. The summed E-state index contributed by atoms with van der Waals surface area (Å²) >= 11 is 0. The van der Waals surface area contributed by atoms with Crippen LogP contribution in [0, 0.1) is 5.92 Å². The van der Waals surface area contributed by atoms with Crippen LogP contribution in [0.15, 0.2) is 29.3 Å². The van der Waals surface area contributed by atoms with E-state index < -0.39 is 0 Å². The first-order chi connectivity index (χ1) is 14.7. The SMILES string of the molecule is CCNC(=NCC1(c2ccc(OC)cc2)CCOCC1)N(C)CCC1CCOCC1.I. The van der Waals surface area contributed by atoms with Gasteiger partial charge in [-0.25, -0.2) is 0 Å². The minimum absolute atomic E-state index is 0. The lowest BCUT2D eigenvalue weighted by molar-refractivity contribution is 0.0529. The molecule has 0 atom stereocenters. The van der Waals surface area contributed by atoms with Gasteiger partial charge in [0.15, 0.2) is 5.96 Å². The van der Waals surface area contributed by atoms with Crippen LogP contribution in [0.5, 0.6) is 5.75 Å². The van der Waals surface area contributed by atoms with E-state index in [9.17, 15) is 0 Å². The van der Waals surface area contributed by atoms with Crippen molar-refractivity contribution in [2.45, 2.75) is 44.4 Å². The van der Waals surface area contributed by atoms with E-state index in [4.69, 9.17) is 19.2 Å². The first-order valence-electron chi connectivity index (χ1n) is 11.5. The predicted molar refractivity (Wildman–Crippen MR) is 137 cm³/mol. The molecule has 0 unspecified atom stereocenters. The van der Waals surface area contributed by atoms with Gasteiger partial charge >= 0.3 is 0 Å². The van der Waals surface area contributed by atoms with Crippen molar-refractivity contribution in [2.24, 2.45) is 10.9 Å². The number of methoxy groups -OCH3 is 1. The van der Waals surface area contributed by atoms with Gasteiger partial charge in [0.2, 0.25) is 0 Å². The summed E-state index contributed by atoms with van der Waals surface area (Å²) in [5.74, 6) is 2.67. The van der Waals surface area contributed by atoms with Crippen LogP contribution in [0.2, 0.25) is 0 Å². The zero-order chi connectivity index (χ0) is 21.2. The van der Waals surface area contributed by atoms with Crippen molar-refractivity contribution in [3.8, 4) is 5.75 Å². The van der Waals surface area contributed by atoms with Crippen molar-refractivity contribution in [2.75, 3.05) is 60.2 Å². The number of hydrogen-bond acceptors (Lipinski definition) is 4. The van der Waals surface area contributed by atoms with E-state index >= 15 is 0 Å². The van der Waals surface area contributed by atoms with Gasteiger partial charge in [0.25, 0.3) is 0 Å². The normalized spacial score (nSPS) is 19.4. The molecule has 0 aliphatic carbocycles. The number of nitrogens with zero attached hydrogens (tertiary/aromatic N) is 2. The van der Waals surface area contributed by atoms with Crippen LogP contribution in [-0.2, 0) is 14.9 Å². The standard InChI is InChI=1S/C24H39N3O3.HI/c1-4-25-23(27(2)14-9-20-10-15-29-16-11-20)26-19-24(12-17-30-18-13-24)21-5-7-22(28-3)8-6-21;/h5-8,20H,4,9-19H2,1-3H3,(H,25,26);1H. The second kappa shape index (κ2) is 13.5. The molecule has 2 aliphatic rings. The molecule has 0 amide bonds. The third kappa shape index (κ3) is 7.49. The topological polar surface area (TPSA) is 55.3 Å². The van der Waals surface area contributed by atoms with Gasteiger partial charge in [-0.15, -0.1) is 24.0 Å². The summed E-state index contributed by atoms with van der Waals surface area (Å²) in [6, 6.07) is 8.51. The quantitative estimate of drug-likeness (QED) is 0.303. The number of nitrogens with one attached hydrogen (secondary N) is 1. The van der Waals surface area contributed by atoms with E-state index in [0.29, 0.717) is 0 Å². The summed E-state index contributed by atoms with van der Waals surface area (Å²) in [6.45, 7) is 8.20. The van der Waals surface area contributed by atoms with Crippen LogP contribution in [0.1, 0.15) is 44.6 Å². The van der Waals surface area contributed by atoms with Gasteiger partial charge in [-0.2, -0.15) is 0 Å². The molecule has 2 saturated heterocycles. The van der Waals surface area contributed by atoms with Gasteiger partial charge in [0, 0.05) is 52.0 Å². The molecule has 0 bridgehead atoms. The summed E-state index contributed by atoms with van der Waals surface area (Å²) in [4.78, 5) is 7.40. The number of rotatable bonds is 8. The van der Waals surface area contributed by atoms with Crippen molar-refractivity contribution < 1.29 is 14.2 Å². The van der Waals surface area contributed by atoms with Crippen LogP contribution >= 0.6 is 24.0 Å². The molecule has 0 spiro atoms. The number of halogens is 1. The average molecular weight is 546 g/mol. The number of guanidine groups is 1. The van der Waals surface area contributed by atoms with Crippen LogP contribution in [-0.4, -0.2) is 71.1 Å². The largest absolute Gasteiger partial charge is 0.497 e. The fourth-order valence-corrected chi connectivity index (χ4v) is 4.46. The van der Waals surface area contributed by atoms with Gasteiger partial charge in [-0.3, -0.25) is 4.99 Å². The minimum Gasteiger partial charge on any atom is -0.497 e. The smallest absolute Gasteiger partial charge is 0.193 e. The Balaban J connectivity index is 0.00000341. The highest BCUT2D eigenvalue weighted by atomic mass is 127. The maximum Gasteiger partial charge on any atom is 0.193 e. The van der Waals surface area contributed by atoms with Gasteiger partial charge in [0.1, 0.15) is 5.75 Å². The fraction of sp³-hybridized carbons (Fsp3) is 0.708. The minimum atomic E-state index is 0. The third-order valence-corrected chi connectivity index (χ3v) is 6.59. The Morgan fingerprint density at radius 1 is 1.13 bits per heavy atom. The molecule has 0 radical (unpaired) electrons. The Bertz CT molecular complexity index is 657. The molecule has 31 heavy (non-hydrogen) atoms. The molecular weight excluding hydrogens is 505 g/mol. The summed E-state index contributed by atoms with van der Waals surface area (Å²) in [5.41, 5.74) is 1.35. The molecule has 6 nitrogen and oxygen atoms in total. The van der Waals surface area contributed by atoms with Crippen LogP contribution < -0.4 is 10.1 Å². The number of hydrogen-bond donors (Lipinski definition) is 1. The van der Waals surface area contributed by atoms with Crippen molar-refractivity contribution >= 4 is 29.9 Å². The van der Waals surface area contributed by atoms with Crippen LogP contribution in [0.3, 0.4) is 0 Å². The number of benzene rings is 1. The Morgan fingerprint density at radius 2 is 1.77 bits per heavy atom. The highest BCUT2D eigenvalue weighted by Gasteiger charge is 2.34. The molecule has 3 rings (SSSR count). The number of ether oxygens (including phenoxy) is 3. The zero-order valence-electron chi connectivity index (χ0n) is 19.4. The van der Waals surface area contributed by atoms with Gasteiger partial charge in [-0.05, 0) is 62.6 Å². The van der Waals surface area contributed by atoms with E-state index in [2.05, 4.69) is 48.5 Å². The monoisotopic (exact) mass is 545 g/mol. The maximum atomic E-state index is 5.69. The third-order valence-electron chi connectivity index (χ3n) is 6.59. The molecule has 2 aliphatic heterocycles. The second-order valence-electron chi connectivity index (χ2n) is 8.56. The first kappa shape index (κ1) is 26.2. The highest BCUT2D eigenvalue weighted by Crippen LogP contribution is 2.36. The van der Waals surface area contributed by atoms with Crippen LogP contribution in [0.25, 0.3) is 0 Å². The molecule has 1 N–H and O–H groups in total. The molecule has 2 heterocycles. The lowest BCUT2D eigenvalue weighted by atomic mass is 9.74. The summed E-state index contributed by atoms with van der Waals surface area (Å²) in [5, 5.41) is 3.50. The van der Waals surface area contributed by atoms with Crippen molar-refractivity contribution in [3.63, 3.8) is 0 Å². The molecular formula is C24H40IN3O3. The fourth-order valence-electron chi connectivity index (χ4n) is 4.46. The highest BCUT2D eigenvalue weighted by molar-refractivity contribution is 14.0. The van der Waals surface area contributed by atoms with Crippen LogP contribution in [0.4, 0.5) is 0 Å². The lowest BCUT2D eigenvalue weighted by Crippen LogP contribution is -2.42. The van der Waals surface area contributed by atoms with Gasteiger partial charge in [0.05, 0.1) is 13.7 Å². The summed E-state index contributed by atoms with van der Waals surface area (Å²) < 4.78 is 16.5. The second-order valence-corrected chi connectivity index (χ2v) is 8.56. The summed E-state index contributed by atoms with van der Waals surface area (Å²) in [6.07, 6.45) is 5.55. The van der Waals surface area contributed by atoms with Crippen molar-refractivity contribution in [1.82, 2.24) is 10.2 Å². The Hall–Kier alpha value is -1.06. The van der Waals surface area contributed by atoms with Crippen molar-refractivity contribution in [1.29, 1.82) is 0 Å². The van der Waals surface area contributed by atoms with Gasteiger partial charge < -0.3 is 24.4 Å². The zero-order valence-corrected chi connectivity index (χ0v) is 21.7. The Labute approximate surface area is 205 Å². The molecule has 2 fully saturated rings. The van der Waals surface area contributed by atoms with E-state index in [1.807, 2.05) is 0 Å². The molecule has 1 aromatic rings. The van der Waals surface area contributed by atoms with E-state index in [1.54, 1.807) is 7.11 Å². The van der Waals surface area contributed by atoms with E-state index in [1.165, 1.54) is 24.8 Å². The van der Waals surface area contributed by atoms with E-state index in [-0.39, 0.29) is 29.4 Å². The average Bonchev–Trinajstić information content (AvgIpc) is 2.81. The van der Waals surface area contributed by atoms with E-state index in [0.717, 1.165) is 76.5 Å². The molecule has 176 valence electrons. The lowest BCUT2D eigenvalue weighted by Gasteiger charge is -2.37. The maximum absolute atomic E-state index is 5.69. The Morgan fingerprint density at radius 3 is 2.39 bits per heavy atom. The molecule has 0 saturated carbocycles. The molecule has 0 aromatic heterocycles. The Kier molecular flexibility index (Phi) is 11.4. The van der Waals surface area contributed by atoms with Gasteiger partial charge in [-0.1, -0.05) is 12.1 Å².